The van der Waals surface area contributed by atoms with Gasteiger partial charge in [0, 0.05) is 6.04 Å². The quantitative estimate of drug-likeness (QED) is 0.873. The van der Waals surface area contributed by atoms with Gasteiger partial charge in [0.15, 0.2) is 0 Å². The third-order valence-corrected chi connectivity index (χ3v) is 3.86. The lowest BCUT2D eigenvalue weighted by molar-refractivity contribution is 0.708. The molecule has 0 saturated heterocycles. The highest BCUT2D eigenvalue weighted by atomic mass is 14.6. The van der Waals surface area contributed by atoms with E-state index in [1.807, 2.05) is 0 Å². The zero-order valence-corrected chi connectivity index (χ0v) is 12.3. The molecule has 2 aromatic rings. The van der Waals surface area contributed by atoms with Crippen LogP contribution in [0.2, 0.25) is 0 Å². The molecular weight excluding hydrogens is 230 g/mol. The summed E-state index contributed by atoms with van der Waals surface area (Å²) in [7, 11) is 0. The lowest BCUT2D eigenvalue weighted by atomic mass is 9.90. The smallest absolute Gasteiger partial charge is 0.0341 e. The summed E-state index contributed by atoms with van der Waals surface area (Å²) in [5, 5.41) is 0. The first-order valence-corrected chi connectivity index (χ1v) is 6.87. The predicted molar refractivity (Wildman–Crippen MR) is 82.5 cm³/mol. The molecule has 100 valence electrons. The second kappa shape index (κ2) is 5.58. The highest BCUT2D eigenvalue weighted by Gasteiger charge is 2.13. The minimum absolute atomic E-state index is 0.0710. The summed E-state index contributed by atoms with van der Waals surface area (Å²) >= 11 is 0. The van der Waals surface area contributed by atoms with E-state index in [2.05, 4.69) is 64.1 Å². The number of benzene rings is 2. The van der Waals surface area contributed by atoms with Crippen molar-refractivity contribution in [3.8, 4) is 0 Å². The molecule has 1 nitrogen and oxygen atoms in total. The Morgan fingerprint density at radius 1 is 0.895 bits per heavy atom. The van der Waals surface area contributed by atoms with Crippen LogP contribution in [0.25, 0.3) is 0 Å². The zero-order chi connectivity index (χ0) is 14.0. The Morgan fingerprint density at radius 2 is 1.53 bits per heavy atom. The molecule has 0 aliphatic rings. The van der Waals surface area contributed by atoms with Gasteiger partial charge in [0.25, 0.3) is 0 Å². The molecule has 2 rings (SSSR count). The molecule has 0 radical (unpaired) electrons. The van der Waals surface area contributed by atoms with Crippen LogP contribution in [0.3, 0.4) is 0 Å². The van der Waals surface area contributed by atoms with E-state index in [1.54, 1.807) is 0 Å². The van der Waals surface area contributed by atoms with Crippen molar-refractivity contribution in [1.29, 1.82) is 0 Å². The molecule has 0 spiro atoms. The minimum atomic E-state index is 0.0710. The monoisotopic (exact) mass is 253 g/mol. The van der Waals surface area contributed by atoms with E-state index in [4.69, 9.17) is 5.73 Å². The van der Waals surface area contributed by atoms with Crippen LogP contribution in [0.1, 0.15) is 39.4 Å². The zero-order valence-electron chi connectivity index (χ0n) is 12.3. The van der Waals surface area contributed by atoms with Crippen molar-refractivity contribution in [2.24, 2.45) is 5.73 Å². The molecule has 2 aromatic carbocycles. The van der Waals surface area contributed by atoms with Gasteiger partial charge in [-0.05, 0) is 61.9 Å². The largest absolute Gasteiger partial charge is 0.324 e. The molecule has 1 atom stereocenters. The van der Waals surface area contributed by atoms with Crippen molar-refractivity contribution in [3.05, 3.63) is 69.8 Å². The number of hydrogen-bond acceptors (Lipinski definition) is 1. The first-order valence-electron chi connectivity index (χ1n) is 6.87. The van der Waals surface area contributed by atoms with Crippen LogP contribution in [-0.4, -0.2) is 0 Å². The van der Waals surface area contributed by atoms with Gasteiger partial charge in [0.05, 0.1) is 0 Å². The van der Waals surface area contributed by atoms with Crippen molar-refractivity contribution in [3.63, 3.8) is 0 Å². The molecular formula is C18H23N. The van der Waals surface area contributed by atoms with Gasteiger partial charge in [-0.3, -0.25) is 0 Å². The number of rotatable bonds is 3. The lowest BCUT2D eigenvalue weighted by Crippen LogP contribution is -2.16. The molecule has 0 aromatic heterocycles. The van der Waals surface area contributed by atoms with Crippen LogP contribution >= 0.6 is 0 Å². The number of nitrogens with two attached hydrogens (primary N) is 1. The Morgan fingerprint density at radius 3 is 2.16 bits per heavy atom. The number of hydrogen-bond donors (Lipinski definition) is 1. The van der Waals surface area contributed by atoms with Crippen LogP contribution in [0.5, 0.6) is 0 Å². The van der Waals surface area contributed by atoms with E-state index in [-0.39, 0.29) is 6.04 Å². The molecule has 0 saturated carbocycles. The second-order valence-corrected chi connectivity index (χ2v) is 5.55. The van der Waals surface area contributed by atoms with Crippen molar-refractivity contribution in [2.45, 2.75) is 40.2 Å². The highest BCUT2D eigenvalue weighted by Crippen LogP contribution is 2.24. The first kappa shape index (κ1) is 13.8. The SMILES string of the molecule is Cc1ccc(C)c(CC(N)c2c(C)cccc2C)c1. The maximum atomic E-state index is 6.45. The first-order chi connectivity index (χ1) is 8.99. The normalized spacial score (nSPS) is 12.5. The molecule has 0 bridgehead atoms. The maximum Gasteiger partial charge on any atom is 0.0341 e. The van der Waals surface area contributed by atoms with Gasteiger partial charge >= 0.3 is 0 Å². The minimum Gasteiger partial charge on any atom is -0.324 e. The molecule has 2 N–H and O–H groups in total. The molecule has 1 heteroatoms. The van der Waals surface area contributed by atoms with Crippen molar-refractivity contribution in [1.82, 2.24) is 0 Å². The molecule has 0 heterocycles. The van der Waals surface area contributed by atoms with E-state index in [0.717, 1.165) is 6.42 Å². The fourth-order valence-electron chi connectivity index (χ4n) is 2.77. The fraction of sp³-hybridized carbons (Fsp3) is 0.333. The Labute approximate surface area is 116 Å². The summed E-state index contributed by atoms with van der Waals surface area (Å²) in [6.45, 7) is 8.58. The molecule has 1 unspecified atom stereocenters. The average Bonchev–Trinajstić information content (AvgIpc) is 2.33. The lowest BCUT2D eigenvalue weighted by Gasteiger charge is -2.19. The molecule has 19 heavy (non-hydrogen) atoms. The van der Waals surface area contributed by atoms with E-state index >= 15 is 0 Å². The van der Waals surface area contributed by atoms with Gasteiger partial charge in [0.2, 0.25) is 0 Å². The van der Waals surface area contributed by atoms with Gasteiger partial charge in [-0.15, -0.1) is 0 Å². The Hall–Kier alpha value is -1.60. The average molecular weight is 253 g/mol. The molecule has 0 aliphatic carbocycles. The van der Waals surface area contributed by atoms with Crippen LogP contribution in [0.4, 0.5) is 0 Å². The summed E-state index contributed by atoms with van der Waals surface area (Å²) in [5.41, 5.74) is 14.3. The summed E-state index contributed by atoms with van der Waals surface area (Å²) in [6.07, 6.45) is 0.902. The van der Waals surface area contributed by atoms with Crippen molar-refractivity contribution < 1.29 is 0 Å². The summed E-state index contributed by atoms with van der Waals surface area (Å²) in [5.74, 6) is 0. The second-order valence-electron chi connectivity index (χ2n) is 5.55. The van der Waals surface area contributed by atoms with Gasteiger partial charge < -0.3 is 5.73 Å². The van der Waals surface area contributed by atoms with Crippen LogP contribution in [0, 0.1) is 27.7 Å². The standard InChI is InChI=1S/C18H23N/c1-12-8-9-13(2)16(10-12)11-17(19)18-14(3)6-5-7-15(18)4/h5-10,17H,11,19H2,1-4H3. The third kappa shape index (κ3) is 3.05. The molecule has 0 aliphatic heterocycles. The Balaban J connectivity index is 2.31. The highest BCUT2D eigenvalue weighted by molar-refractivity contribution is 5.38. The van der Waals surface area contributed by atoms with Gasteiger partial charge in [-0.25, -0.2) is 0 Å². The Kier molecular flexibility index (Phi) is 4.06. The van der Waals surface area contributed by atoms with Crippen LogP contribution in [-0.2, 0) is 6.42 Å². The van der Waals surface area contributed by atoms with Crippen LogP contribution in [0.15, 0.2) is 36.4 Å². The van der Waals surface area contributed by atoms with Gasteiger partial charge in [-0.2, -0.15) is 0 Å². The maximum absolute atomic E-state index is 6.45. The van der Waals surface area contributed by atoms with E-state index < -0.39 is 0 Å². The summed E-state index contributed by atoms with van der Waals surface area (Å²) < 4.78 is 0. The fourth-order valence-corrected chi connectivity index (χ4v) is 2.77. The predicted octanol–water partition coefficient (Wildman–Crippen LogP) is 4.16. The topological polar surface area (TPSA) is 26.0 Å². The number of aryl methyl sites for hydroxylation is 4. The van der Waals surface area contributed by atoms with E-state index in [9.17, 15) is 0 Å². The molecule has 0 amide bonds. The van der Waals surface area contributed by atoms with Crippen molar-refractivity contribution >= 4 is 0 Å². The molecule has 0 fully saturated rings. The van der Waals surface area contributed by atoms with Gasteiger partial charge in [0.1, 0.15) is 0 Å². The van der Waals surface area contributed by atoms with Gasteiger partial charge in [-0.1, -0.05) is 42.0 Å². The van der Waals surface area contributed by atoms with E-state index in [1.165, 1.54) is 33.4 Å². The summed E-state index contributed by atoms with van der Waals surface area (Å²) in [4.78, 5) is 0. The summed E-state index contributed by atoms with van der Waals surface area (Å²) in [6, 6.07) is 13.0. The third-order valence-electron chi connectivity index (χ3n) is 3.86. The van der Waals surface area contributed by atoms with Crippen LogP contribution < -0.4 is 5.73 Å². The van der Waals surface area contributed by atoms with E-state index in [0.29, 0.717) is 0 Å². The Bertz CT molecular complexity index is 564. The van der Waals surface area contributed by atoms with Crippen molar-refractivity contribution in [2.75, 3.05) is 0 Å².